The van der Waals surface area contributed by atoms with Gasteiger partial charge in [-0.25, -0.2) is 0 Å². The van der Waals surface area contributed by atoms with Gasteiger partial charge in [0.25, 0.3) is 0 Å². The van der Waals surface area contributed by atoms with Crippen LogP contribution in [0.2, 0.25) is 5.02 Å². The van der Waals surface area contributed by atoms with Gasteiger partial charge in [-0.3, -0.25) is 9.78 Å². The number of hydrogen-bond donors (Lipinski definition) is 1. The van der Waals surface area contributed by atoms with Crippen LogP contribution in [0, 0.1) is 11.8 Å². The van der Waals surface area contributed by atoms with E-state index in [1.807, 2.05) is 12.1 Å². The Bertz CT molecular complexity index is 834. The van der Waals surface area contributed by atoms with E-state index in [0.717, 1.165) is 55.6 Å². The number of piperidine rings is 1. The van der Waals surface area contributed by atoms with Gasteiger partial charge in [-0.15, -0.1) is 0 Å². The molecule has 0 radical (unpaired) electrons. The Balaban J connectivity index is 1.49. The molecule has 3 heterocycles. The van der Waals surface area contributed by atoms with E-state index in [2.05, 4.69) is 46.2 Å². The van der Waals surface area contributed by atoms with Gasteiger partial charge in [-0.2, -0.15) is 0 Å². The highest BCUT2D eigenvalue weighted by Gasteiger charge is 2.36. The van der Waals surface area contributed by atoms with Crippen LogP contribution in [-0.4, -0.2) is 55.1 Å². The lowest BCUT2D eigenvalue weighted by molar-refractivity contribution is -0.126. The van der Waals surface area contributed by atoms with Crippen molar-refractivity contribution in [1.29, 1.82) is 0 Å². The molecular formula is C21H27ClN4O. The molecule has 0 aliphatic carbocycles. The van der Waals surface area contributed by atoms with E-state index in [-0.39, 0.29) is 11.8 Å². The van der Waals surface area contributed by atoms with Crippen LogP contribution >= 0.6 is 11.6 Å². The van der Waals surface area contributed by atoms with Gasteiger partial charge in [0, 0.05) is 36.4 Å². The first kappa shape index (κ1) is 18.5. The van der Waals surface area contributed by atoms with Gasteiger partial charge in [0.1, 0.15) is 0 Å². The summed E-state index contributed by atoms with van der Waals surface area (Å²) in [5, 5.41) is 5.02. The molecule has 6 heteroatoms. The van der Waals surface area contributed by atoms with Gasteiger partial charge in [0.05, 0.1) is 16.5 Å². The van der Waals surface area contributed by atoms with Gasteiger partial charge >= 0.3 is 0 Å². The number of hydrogen-bond acceptors (Lipinski definition) is 4. The molecule has 4 rings (SSSR count). The molecule has 0 saturated carbocycles. The van der Waals surface area contributed by atoms with Crippen molar-refractivity contribution in [2.75, 3.05) is 38.1 Å². The minimum atomic E-state index is 0.0204. The standard InChI is InChI=1S/C21H27ClN4O/c1-14-12-26(19-6-5-18(22)20-16(19)4-3-9-23-20)13-17(14)21(27)24-15-7-10-25(2)11-8-15/h3-6,9,14-15,17H,7-8,10-13H2,1-2H3,(H,24,27)/t14-,17?/m0/s1. The summed E-state index contributed by atoms with van der Waals surface area (Å²) in [5.41, 5.74) is 1.94. The van der Waals surface area contributed by atoms with E-state index < -0.39 is 0 Å². The third-order valence-corrected chi connectivity index (χ3v) is 6.36. The topological polar surface area (TPSA) is 48.5 Å². The van der Waals surface area contributed by atoms with Crippen LogP contribution in [0.15, 0.2) is 30.5 Å². The van der Waals surface area contributed by atoms with Crippen LogP contribution in [0.3, 0.4) is 0 Å². The number of amides is 1. The summed E-state index contributed by atoms with van der Waals surface area (Å²) in [7, 11) is 2.14. The molecule has 2 fully saturated rings. The van der Waals surface area contributed by atoms with E-state index in [9.17, 15) is 4.79 Å². The van der Waals surface area contributed by atoms with Crippen LogP contribution in [-0.2, 0) is 4.79 Å². The molecule has 1 aromatic heterocycles. The average Bonchev–Trinajstić information content (AvgIpc) is 3.06. The van der Waals surface area contributed by atoms with Crippen molar-refractivity contribution in [3.8, 4) is 0 Å². The van der Waals surface area contributed by atoms with E-state index >= 15 is 0 Å². The Kier molecular flexibility index (Phi) is 5.24. The number of aromatic nitrogens is 1. The van der Waals surface area contributed by atoms with Crippen LogP contribution in [0.1, 0.15) is 19.8 Å². The predicted molar refractivity (Wildman–Crippen MR) is 110 cm³/mol. The van der Waals surface area contributed by atoms with Crippen molar-refractivity contribution in [2.24, 2.45) is 11.8 Å². The lowest BCUT2D eigenvalue weighted by Crippen LogP contribution is -2.46. The Morgan fingerprint density at radius 1 is 1.22 bits per heavy atom. The first-order chi connectivity index (χ1) is 13.0. The van der Waals surface area contributed by atoms with E-state index in [1.165, 1.54) is 0 Å². The summed E-state index contributed by atoms with van der Waals surface area (Å²) in [6.45, 7) is 5.90. The molecule has 1 unspecified atom stereocenters. The fraction of sp³-hybridized carbons (Fsp3) is 0.524. The molecule has 0 bridgehead atoms. The fourth-order valence-electron chi connectivity index (χ4n) is 4.36. The first-order valence-corrected chi connectivity index (χ1v) is 10.2. The van der Waals surface area contributed by atoms with E-state index in [0.29, 0.717) is 17.0 Å². The molecule has 0 spiro atoms. The number of nitrogens with one attached hydrogen (secondary N) is 1. The lowest BCUT2D eigenvalue weighted by atomic mass is 9.96. The highest BCUT2D eigenvalue weighted by Crippen LogP contribution is 2.35. The molecule has 1 aromatic carbocycles. The highest BCUT2D eigenvalue weighted by atomic mass is 35.5. The Morgan fingerprint density at radius 2 is 2.00 bits per heavy atom. The largest absolute Gasteiger partial charge is 0.370 e. The fourth-order valence-corrected chi connectivity index (χ4v) is 4.58. The van der Waals surface area contributed by atoms with E-state index in [1.54, 1.807) is 6.20 Å². The van der Waals surface area contributed by atoms with Crippen molar-refractivity contribution in [3.63, 3.8) is 0 Å². The minimum absolute atomic E-state index is 0.0204. The number of fused-ring (bicyclic) bond motifs is 1. The van der Waals surface area contributed by atoms with Crippen molar-refractivity contribution < 1.29 is 4.79 Å². The van der Waals surface area contributed by atoms with Crippen molar-refractivity contribution >= 4 is 34.1 Å². The van der Waals surface area contributed by atoms with Crippen LogP contribution in [0.5, 0.6) is 0 Å². The Morgan fingerprint density at radius 3 is 2.78 bits per heavy atom. The second-order valence-corrected chi connectivity index (χ2v) is 8.45. The average molecular weight is 387 g/mol. The zero-order chi connectivity index (χ0) is 19.0. The summed E-state index contributed by atoms with van der Waals surface area (Å²) < 4.78 is 0. The number of rotatable bonds is 3. The Labute approximate surface area is 165 Å². The number of pyridine rings is 1. The SMILES string of the molecule is C[C@H]1CN(c2ccc(Cl)c3ncccc23)CC1C(=O)NC1CCN(C)CC1. The maximum absolute atomic E-state index is 12.9. The van der Waals surface area contributed by atoms with Crippen molar-refractivity contribution in [1.82, 2.24) is 15.2 Å². The molecule has 5 nitrogen and oxygen atoms in total. The van der Waals surface area contributed by atoms with Crippen LogP contribution in [0.4, 0.5) is 5.69 Å². The van der Waals surface area contributed by atoms with Crippen molar-refractivity contribution in [2.45, 2.75) is 25.8 Å². The number of carbonyl (C=O) groups excluding carboxylic acids is 1. The monoisotopic (exact) mass is 386 g/mol. The second kappa shape index (κ2) is 7.64. The van der Waals surface area contributed by atoms with Gasteiger partial charge in [0.2, 0.25) is 5.91 Å². The quantitative estimate of drug-likeness (QED) is 0.880. The van der Waals surface area contributed by atoms with Crippen LogP contribution in [0.25, 0.3) is 10.9 Å². The number of likely N-dealkylation sites (tertiary alicyclic amines) is 1. The number of anilines is 1. The maximum Gasteiger partial charge on any atom is 0.225 e. The van der Waals surface area contributed by atoms with Gasteiger partial charge in [-0.05, 0) is 63.2 Å². The molecule has 2 saturated heterocycles. The second-order valence-electron chi connectivity index (χ2n) is 8.04. The molecule has 144 valence electrons. The van der Waals surface area contributed by atoms with Crippen molar-refractivity contribution in [3.05, 3.63) is 35.5 Å². The molecular weight excluding hydrogens is 360 g/mol. The molecule has 2 atom stereocenters. The summed E-state index contributed by atoms with van der Waals surface area (Å²) in [4.78, 5) is 22.0. The third kappa shape index (κ3) is 3.76. The minimum Gasteiger partial charge on any atom is -0.370 e. The predicted octanol–water partition coefficient (Wildman–Crippen LogP) is 3.17. The van der Waals surface area contributed by atoms with E-state index in [4.69, 9.17) is 11.6 Å². The lowest BCUT2D eigenvalue weighted by Gasteiger charge is -2.30. The molecule has 1 N–H and O–H groups in total. The normalized spacial score (nSPS) is 24.5. The zero-order valence-corrected chi connectivity index (χ0v) is 16.7. The maximum atomic E-state index is 12.9. The molecule has 1 amide bonds. The number of carbonyl (C=O) groups is 1. The summed E-state index contributed by atoms with van der Waals surface area (Å²) in [6, 6.07) is 8.26. The number of halogens is 1. The smallest absolute Gasteiger partial charge is 0.225 e. The zero-order valence-electron chi connectivity index (χ0n) is 16.0. The molecule has 2 aromatic rings. The van der Waals surface area contributed by atoms with Crippen LogP contribution < -0.4 is 10.2 Å². The van der Waals surface area contributed by atoms with Gasteiger partial charge in [-0.1, -0.05) is 18.5 Å². The summed E-state index contributed by atoms with van der Waals surface area (Å²) >= 11 is 6.31. The molecule has 2 aliphatic heterocycles. The van der Waals surface area contributed by atoms with Gasteiger partial charge < -0.3 is 15.1 Å². The summed E-state index contributed by atoms with van der Waals surface area (Å²) in [6.07, 6.45) is 3.85. The number of nitrogens with zero attached hydrogens (tertiary/aromatic N) is 3. The third-order valence-electron chi connectivity index (χ3n) is 6.05. The molecule has 2 aliphatic rings. The van der Waals surface area contributed by atoms with Gasteiger partial charge in [0.15, 0.2) is 0 Å². The first-order valence-electron chi connectivity index (χ1n) is 9.80. The number of benzene rings is 1. The summed E-state index contributed by atoms with van der Waals surface area (Å²) in [5.74, 6) is 0.543. The Hall–Kier alpha value is -1.85. The molecule has 27 heavy (non-hydrogen) atoms. The highest BCUT2D eigenvalue weighted by molar-refractivity contribution is 6.35.